The summed E-state index contributed by atoms with van der Waals surface area (Å²) in [6.45, 7) is 7.52. The van der Waals surface area contributed by atoms with Crippen LogP contribution in [-0.2, 0) is 6.42 Å². The lowest BCUT2D eigenvalue weighted by Gasteiger charge is -2.21. The molecule has 2 nitrogen and oxygen atoms in total. The van der Waals surface area contributed by atoms with E-state index in [1.807, 2.05) is 11.3 Å². The molecule has 106 valence electrons. The molecule has 20 heavy (non-hydrogen) atoms. The maximum absolute atomic E-state index is 4.97. The molecule has 1 unspecified atom stereocenters. The van der Waals surface area contributed by atoms with E-state index in [1.165, 1.54) is 51.5 Å². The molecule has 1 aliphatic rings. The topological polar surface area (TPSA) is 24.9 Å². The van der Waals surface area contributed by atoms with Crippen molar-refractivity contribution >= 4 is 11.3 Å². The number of aromatic nitrogens is 1. The molecule has 1 aromatic carbocycles. The summed E-state index contributed by atoms with van der Waals surface area (Å²) in [6, 6.07) is 7.11. The number of hydrogen-bond donors (Lipinski definition) is 1. The summed E-state index contributed by atoms with van der Waals surface area (Å²) in [5.74, 6) is 0. The number of fused-ring (bicyclic) bond motifs is 1. The minimum Gasteiger partial charge on any atom is -0.309 e. The molecule has 3 heteroatoms. The van der Waals surface area contributed by atoms with Crippen LogP contribution in [0.5, 0.6) is 0 Å². The highest BCUT2D eigenvalue weighted by molar-refractivity contribution is 7.15. The molecule has 1 N–H and O–H groups in total. The smallest absolute Gasteiger partial charge is 0.124 e. The first kappa shape index (κ1) is 13.8. The van der Waals surface area contributed by atoms with Gasteiger partial charge in [0.1, 0.15) is 5.01 Å². The second kappa shape index (κ2) is 5.66. The van der Waals surface area contributed by atoms with E-state index in [9.17, 15) is 0 Å². The van der Waals surface area contributed by atoms with Gasteiger partial charge in [-0.3, -0.25) is 0 Å². The summed E-state index contributed by atoms with van der Waals surface area (Å²) in [6.07, 6.45) is 3.69. The van der Waals surface area contributed by atoms with E-state index in [-0.39, 0.29) is 0 Å². The zero-order valence-electron chi connectivity index (χ0n) is 12.5. The van der Waals surface area contributed by atoms with E-state index < -0.39 is 0 Å². The van der Waals surface area contributed by atoms with Crippen LogP contribution in [0.1, 0.15) is 47.5 Å². The van der Waals surface area contributed by atoms with Crippen molar-refractivity contribution < 1.29 is 0 Å². The zero-order valence-corrected chi connectivity index (χ0v) is 13.3. The van der Waals surface area contributed by atoms with Crippen LogP contribution in [-0.4, -0.2) is 11.5 Å². The van der Waals surface area contributed by atoms with Gasteiger partial charge >= 0.3 is 0 Å². The first-order chi connectivity index (χ1) is 9.69. The van der Waals surface area contributed by atoms with Crippen LogP contribution in [0, 0.1) is 13.8 Å². The predicted octanol–water partition coefficient (Wildman–Crippen LogP) is 4.41. The number of aryl methyl sites for hydroxylation is 3. The van der Waals surface area contributed by atoms with Gasteiger partial charge in [-0.25, -0.2) is 4.98 Å². The van der Waals surface area contributed by atoms with Crippen molar-refractivity contribution in [3.05, 3.63) is 39.9 Å². The quantitative estimate of drug-likeness (QED) is 0.903. The molecule has 1 aromatic heterocycles. The SMILES string of the molecule is CCNC1CCCc2sc(-c3ccc(C)cc3C)nc21. The van der Waals surface area contributed by atoms with E-state index in [4.69, 9.17) is 4.98 Å². The molecule has 0 bridgehead atoms. The second-order valence-corrected chi connectivity index (χ2v) is 6.73. The maximum Gasteiger partial charge on any atom is 0.124 e. The van der Waals surface area contributed by atoms with Crippen molar-refractivity contribution in [3.63, 3.8) is 0 Å². The van der Waals surface area contributed by atoms with Gasteiger partial charge in [0.2, 0.25) is 0 Å². The van der Waals surface area contributed by atoms with Gasteiger partial charge in [-0.1, -0.05) is 30.7 Å². The molecule has 0 fully saturated rings. The van der Waals surface area contributed by atoms with Gasteiger partial charge < -0.3 is 5.32 Å². The van der Waals surface area contributed by atoms with E-state index in [0.717, 1.165) is 6.54 Å². The number of hydrogen-bond acceptors (Lipinski definition) is 3. The minimum atomic E-state index is 0.458. The summed E-state index contributed by atoms with van der Waals surface area (Å²) in [4.78, 5) is 6.45. The van der Waals surface area contributed by atoms with Crippen molar-refractivity contribution in [2.75, 3.05) is 6.54 Å². The molecule has 2 aromatic rings. The summed E-state index contributed by atoms with van der Waals surface area (Å²) < 4.78 is 0. The lowest BCUT2D eigenvalue weighted by Crippen LogP contribution is -2.24. The fraction of sp³-hybridized carbons (Fsp3) is 0.471. The molecule has 1 atom stereocenters. The Morgan fingerprint density at radius 3 is 2.95 bits per heavy atom. The Bertz CT molecular complexity index is 615. The standard InChI is InChI=1S/C17H22N2S/c1-4-18-14-6-5-7-15-16(14)19-17(20-15)13-9-8-11(2)10-12(13)3/h8-10,14,18H,4-7H2,1-3H3. The molecule has 0 saturated carbocycles. The number of nitrogens with zero attached hydrogens (tertiary/aromatic N) is 1. The highest BCUT2D eigenvalue weighted by atomic mass is 32.1. The summed E-state index contributed by atoms with van der Waals surface area (Å²) >= 11 is 1.89. The first-order valence-electron chi connectivity index (χ1n) is 7.49. The third kappa shape index (κ3) is 2.52. The minimum absolute atomic E-state index is 0.458. The largest absolute Gasteiger partial charge is 0.309 e. The van der Waals surface area contributed by atoms with Gasteiger partial charge in [0.25, 0.3) is 0 Å². The van der Waals surface area contributed by atoms with Crippen molar-refractivity contribution in [2.45, 2.75) is 46.1 Å². The Morgan fingerprint density at radius 1 is 1.35 bits per heavy atom. The summed E-state index contributed by atoms with van der Waals surface area (Å²) in [5.41, 5.74) is 5.25. The van der Waals surface area contributed by atoms with E-state index in [1.54, 1.807) is 0 Å². The number of rotatable bonds is 3. The lowest BCUT2D eigenvalue weighted by atomic mass is 9.97. The van der Waals surface area contributed by atoms with Crippen LogP contribution >= 0.6 is 11.3 Å². The van der Waals surface area contributed by atoms with Crippen LogP contribution < -0.4 is 5.32 Å². The molecule has 0 spiro atoms. The van der Waals surface area contributed by atoms with Gasteiger partial charge in [0, 0.05) is 10.4 Å². The van der Waals surface area contributed by atoms with Crippen LogP contribution in [0.25, 0.3) is 10.6 Å². The zero-order chi connectivity index (χ0) is 14.1. The number of thiazole rings is 1. The van der Waals surface area contributed by atoms with Gasteiger partial charge in [-0.2, -0.15) is 0 Å². The third-order valence-corrected chi connectivity index (χ3v) is 5.18. The van der Waals surface area contributed by atoms with Crippen molar-refractivity contribution in [1.82, 2.24) is 10.3 Å². The van der Waals surface area contributed by atoms with Crippen LogP contribution in [0.4, 0.5) is 0 Å². The fourth-order valence-corrected chi connectivity index (χ4v) is 4.29. The van der Waals surface area contributed by atoms with E-state index in [2.05, 4.69) is 44.3 Å². The Hall–Kier alpha value is -1.19. The third-order valence-electron chi connectivity index (χ3n) is 4.02. The van der Waals surface area contributed by atoms with Gasteiger partial charge in [-0.15, -0.1) is 11.3 Å². The van der Waals surface area contributed by atoms with Gasteiger partial charge in [0.05, 0.1) is 11.7 Å². The predicted molar refractivity (Wildman–Crippen MR) is 86.4 cm³/mol. The van der Waals surface area contributed by atoms with Gasteiger partial charge in [0.15, 0.2) is 0 Å². The Balaban J connectivity index is 2.00. The average Bonchev–Trinajstić information content (AvgIpc) is 2.83. The van der Waals surface area contributed by atoms with Crippen LogP contribution in [0.2, 0.25) is 0 Å². The lowest BCUT2D eigenvalue weighted by molar-refractivity contribution is 0.465. The van der Waals surface area contributed by atoms with Gasteiger partial charge in [-0.05, 0) is 45.2 Å². The Morgan fingerprint density at radius 2 is 2.20 bits per heavy atom. The normalized spacial score (nSPS) is 18.1. The maximum atomic E-state index is 4.97. The number of benzene rings is 1. The fourth-order valence-electron chi connectivity index (χ4n) is 3.03. The van der Waals surface area contributed by atoms with Crippen molar-refractivity contribution in [2.24, 2.45) is 0 Å². The molecule has 0 radical (unpaired) electrons. The molecular weight excluding hydrogens is 264 g/mol. The summed E-state index contributed by atoms with van der Waals surface area (Å²) in [5, 5.41) is 4.77. The van der Waals surface area contributed by atoms with Crippen molar-refractivity contribution in [1.29, 1.82) is 0 Å². The average molecular weight is 286 g/mol. The van der Waals surface area contributed by atoms with E-state index in [0.29, 0.717) is 6.04 Å². The number of nitrogens with one attached hydrogen (secondary N) is 1. The molecule has 1 aliphatic carbocycles. The highest BCUT2D eigenvalue weighted by Crippen LogP contribution is 2.38. The highest BCUT2D eigenvalue weighted by Gasteiger charge is 2.24. The Kier molecular flexibility index (Phi) is 3.90. The van der Waals surface area contributed by atoms with Crippen molar-refractivity contribution in [3.8, 4) is 10.6 Å². The molecule has 0 saturated heterocycles. The van der Waals surface area contributed by atoms with Crippen LogP contribution in [0.3, 0.4) is 0 Å². The monoisotopic (exact) mass is 286 g/mol. The summed E-state index contributed by atoms with van der Waals surface area (Å²) in [7, 11) is 0. The first-order valence-corrected chi connectivity index (χ1v) is 8.31. The molecule has 3 rings (SSSR count). The van der Waals surface area contributed by atoms with Crippen LogP contribution in [0.15, 0.2) is 18.2 Å². The molecule has 0 aliphatic heterocycles. The molecule has 1 heterocycles. The molecular formula is C17H22N2S. The molecule has 0 amide bonds. The Labute approximate surface area is 125 Å². The van der Waals surface area contributed by atoms with E-state index >= 15 is 0 Å². The second-order valence-electron chi connectivity index (χ2n) is 5.65.